The molecule has 100 valence electrons. The van der Waals surface area contributed by atoms with Crippen molar-refractivity contribution in [2.24, 2.45) is 0 Å². The van der Waals surface area contributed by atoms with Gasteiger partial charge in [-0.2, -0.15) is 0 Å². The van der Waals surface area contributed by atoms with Crippen LogP contribution < -0.4 is 4.90 Å². The molecule has 3 nitrogen and oxygen atoms in total. The highest BCUT2D eigenvalue weighted by Gasteiger charge is 2.22. The standard InChI is InChI=1S/C14H22BrN3/c1-11-7-12(8-15)9-16-14(11)18(3)10-13-5-4-6-17(13)2/h7,9,13H,4-6,8,10H2,1-3H3. The van der Waals surface area contributed by atoms with E-state index < -0.39 is 0 Å². The molecule has 0 bridgehead atoms. The predicted molar refractivity (Wildman–Crippen MR) is 80.5 cm³/mol. The number of hydrogen-bond acceptors (Lipinski definition) is 3. The highest BCUT2D eigenvalue weighted by molar-refractivity contribution is 9.08. The largest absolute Gasteiger partial charge is 0.358 e. The molecule has 1 aliphatic heterocycles. The van der Waals surface area contributed by atoms with Gasteiger partial charge in [0.05, 0.1) is 0 Å². The monoisotopic (exact) mass is 311 g/mol. The lowest BCUT2D eigenvalue weighted by Crippen LogP contribution is -2.37. The fraction of sp³-hybridized carbons (Fsp3) is 0.643. The first-order valence-corrected chi connectivity index (χ1v) is 7.67. The lowest BCUT2D eigenvalue weighted by atomic mass is 10.2. The van der Waals surface area contributed by atoms with Gasteiger partial charge in [-0.25, -0.2) is 4.98 Å². The molecule has 18 heavy (non-hydrogen) atoms. The topological polar surface area (TPSA) is 19.4 Å². The van der Waals surface area contributed by atoms with Gasteiger partial charge in [-0.3, -0.25) is 0 Å². The molecule has 1 aromatic rings. The minimum atomic E-state index is 0.673. The molecule has 1 atom stereocenters. The molecular weight excluding hydrogens is 290 g/mol. The van der Waals surface area contributed by atoms with Crippen LogP contribution >= 0.6 is 15.9 Å². The summed E-state index contributed by atoms with van der Waals surface area (Å²) in [4.78, 5) is 9.34. The number of rotatable bonds is 4. The molecule has 4 heteroatoms. The number of alkyl halides is 1. The maximum Gasteiger partial charge on any atom is 0.131 e. The number of anilines is 1. The molecular formula is C14H22BrN3. The highest BCUT2D eigenvalue weighted by atomic mass is 79.9. The first-order chi connectivity index (χ1) is 8.61. The van der Waals surface area contributed by atoms with Crippen LogP contribution in [0.15, 0.2) is 12.3 Å². The summed E-state index contributed by atoms with van der Waals surface area (Å²) in [6.07, 6.45) is 4.59. The van der Waals surface area contributed by atoms with E-state index in [1.165, 1.54) is 30.5 Å². The Balaban J connectivity index is 2.06. The number of nitrogens with zero attached hydrogens (tertiary/aromatic N) is 3. The summed E-state index contributed by atoms with van der Waals surface area (Å²) in [5.41, 5.74) is 2.50. The van der Waals surface area contributed by atoms with Crippen molar-refractivity contribution in [3.05, 3.63) is 23.4 Å². The molecule has 1 aliphatic rings. The van der Waals surface area contributed by atoms with Crippen molar-refractivity contribution in [1.29, 1.82) is 0 Å². The van der Waals surface area contributed by atoms with Crippen LogP contribution in [0.1, 0.15) is 24.0 Å². The number of aromatic nitrogens is 1. The fourth-order valence-corrected chi connectivity index (χ4v) is 3.02. The van der Waals surface area contributed by atoms with E-state index in [9.17, 15) is 0 Å². The van der Waals surface area contributed by atoms with Crippen LogP contribution in [0, 0.1) is 6.92 Å². The van der Waals surface area contributed by atoms with E-state index in [4.69, 9.17) is 0 Å². The Kier molecular flexibility index (Phi) is 4.62. The number of hydrogen-bond donors (Lipinski definition) is 0. The first-order valence-electron chi connectivity index (χ1n) is 6.54. The highest BCUT2D eigenvalue weighted by Crippen LogP contribution is 2.21. The fourth-order valence-electron chi connectivity index (χ4n) is 2.71. The van der Waals surface area contributed by atoms with Gasteiger partial charge in [-0.1, -0.05) is 22.0 Å². The number of likely N-dealkylation sites (N-methyl/N-ethyl adjacent to an activating group) is 2. The number of pyridine rings is 1. The van der Waals surface area contributed by atoms with Crippen LogP contribution in [0.5, 0.6) is 0 Å². The summed E-state index contributed by atoms with van der Waals surface area (Å²) in [5, 5.41) is 0.871. The minimum absolute atomic E-state index is 0.673. The smallest absolute Gasteiger partial charge is 0.131 e. The molecule has 0 radical (unpaired) electrons. The average molecular weight is 312 g/mol. The first kappa shape index (κ1) is 13.8. The second-order valence-corrected chi connectivity index (χ2v) is 5.84. The van der Waals surface area contributed by atoms with E-state index in [0.29, 0.717) is 6.04 Å². The third-order valence-corrected chi connectivity index (χ3v) is 4.43. The third-order valence-electron chi connectivity index (χ3n) is 3.78. The maximum atomic E-state index is 4.59. The second-order valence-electron chi connectivity index (χ2n) is 5.27. The molecule has 1 saturated heterocycles. The lowest BCUT2D eigenvalue weighted by molar-refractivity contribution is 0.314. The molecule has 0 aliphatic carbocycles. The summed E-state index contributed by atoms with van der Waals surface area (Å²) in [5.74, 6) is 1.11. The molecule has 2 heterocycles. The Morgan fingerprint density at radius 1 is 1.56 bits per heavy atom. The summed E-state index contributed by atoms with van der Waals surface area (Å²) in [6.45, 7) is 4.44. The van der Waals surface area contributed by atoms with Crippen molar-refractivity contribution < 1.29 is 0 Å². The predicted octanol–water partition coefficient (Wildman–Crippen LogP) is 2.82. The molecule has 0 N–H and O–H groups in total. The van der Waals surface area contributed by atoms with E-state index in [2.05, 4.69) is 57.8 Å². The Morgan fingerprint density at radius 2 is 2.33 bits per heavy atom. The van der Waals surface area contributed by atoms with Crippen LogP contribution in [0.25, 0.3) is 0 Å². The molecule has 2 rings (SSSR count). The van der Waals surface area contributed by atoms with Crippen LogP contribution in [0.3, 0.4) is 0 Å². The van der Waals surface area contributed by atoms with Gasteiger partial charge in [0.15, 0.2) is 0 Å². The zero-order valence-electron chi connectivity index (χ0n) is 11.5. The van der Waals surface area contributed by atoms with Gasteiger partial charge in [0, 0.05) is 31.2 Å². The molecule has 1 fully saturated rings. The zero-order valence-corrected chi connectivity index (χ0v) is 13.1. The zero-order chi connectivity index (χ0) is 13.1. The van der Waals surface area contributed by atoms with E-state index in [-0.39, 0.29) is 0 Å². The van der Waals surface area contributed by atoms with Crippen LogP contribution in [0.4, 0.5) is 5.82 Å². The number of aryl methyl sites for hydroxylation is 1. The summed E-state index contributed by atoms with van der Waals surface area (Å²) in [7, 11) is 4.37. The van der Waals surface area contributed by atoms with E-state index >= 15 is 0 Å². The Labute approximate surface area is 118 Å². The Hall–Kier alpha value is -0.610. The number of halogens is 1. The van der Waals surface area contributed by atoms with Crippen LogP contribution in [-0.4, -0.2) is 43.1 Å². The molecule has 0 amide bonds. The summed E-state index contributed by atoms with van der Waals surface area (Å²) in [6, 6.07) is 2.89. The van der Waals surface area contributed by atoms with Crippen LogP contribution in [-0.2, 0) is 5.33 Å². The average Bonchev–Trinajstić information content (AvgIpc) is 2.74. The van der Waals surface area contributed by atoms with Crippen molar-refractivity contribution in [3.8, 4) is 0 Å². The number of likely N-dealkylation sites (tertiary alicyclic amines) is 1. The van der Waals surface area contributed by atoms with Crippen molar-refractivity contribution >= 4 is 21.7 Å². The van der Waals surface area contributed by atoms with E-state index in [0.717, 1.165) is 17.7 Å². The Bertz CT molecular complexity index is 408. The second kappa shape index (κ2) is 6.02. The normalized spacial score (nSPS) is 20.3. The van der Waals surface area contributed by atoms with Gasteiger partial charge in [0.25, 0.3) is 0 Å². The SMILES string of the molecule is Cc1cc(CBr)cnc1N(C)CC1CCCN1C. The quantitative estimate of drug-likeness (QED) is 0.797. The van der Waals surface area contributed by atoms with E-state index in [1.54, 1.807) is 0 Å². The molecule has 1 unspecified atom stereocenters. The summed E-state index contributed by atoms with van der Waals surface area (Å²) < 4.78 is 0. The van der Waals surface area contributed by atoms with Crippen molar-refractivity contribution in [1.82, 2.24) is 9.88 Å². The molecule has 0 saturated carbocycles. The van der Waals surface area contributed by atoms with Gasteiger partial charge < -0.3 is 9.80 Å². The molecule has 1 aromatic heterocycles. The minimum Gasteiger partial charge on any atom is -0.358 e. The van der Waals surface area contributed by atoms with Gasteiger partial charge in [0.2, 0.25) is 0 Å². The van der Waals surface area contributed by atoms with E-state index in [1.807, 2.05) is 6.20 Å². The third kappa shape index (κ3) is 3.04. The van der Waals surface area contributed by atoms with Crippen molar-refractivity contribution in [3.63, 3.8) is 0 Å². The maximum absolute atomic E-state index is 4.59. The molecule has 0 aromatic carbocycles. The van der Waals surface area contributed by atoms with Gasteiger partial charge >= 0.3 is 0 Å². The van der Waals surface area contributed by atoms with Crippen molar-refractivity contribution in [2.75, 3.05) is 32.1 Å². The van der Waals surface area contributed by atoms with Gasteiger partial charge in [-0.15, -0.1) is 0 Å². The lowest BCUT2D eigenvalue weighted by Gasteiger charge is -2.27. The summed E-state index contributed by atoms with van der Waals surface area (Å²) >= 11 is 3.47. The van der Waals surface area contributed by atoms with Crippen molar-refractivity contribution in [2.45, 2.75) is 31.1 Å². The van der Waals surface area contributed by atoms with Crippen LogP contribution in [0.2, 0.25) is 0 Å². The van der Waals surface area contributed by atoms with Gasteiger partial charge in [0.1, 0.15) is 5.82 Å². The Morgan fingerprint density at radius 3 is 2.89 bits per heavy atom. The molecule has 0 spiro atoms. The van der Waals surface area contributed by atoms with Gasteiger partial charge in [-0.05, 0) is 44.5 Å².